The van der Waals surface area contributed by atoms with Gasteiger partial charge in [-0.3, -0.25) is 9.69 Å². The van der Waals surface area contributed by atoms with Crippen molar-refractivity contribution in [2.45, 2.75) is 63.5 Å². The summed E-state index contributed by atoms with van der Waals surface area (Å²) in [5.74, 6) is 0.820. The van der Waals surface area contributed by atoms with E-state index in [-0.39, 0.29) is 5.91 Å². The molecule has 0 aromatic rings. The average Bonchev–Trinajstić information content (AvgIpc) is 3.08. The Morgan fingerprint density at radius 3 is 2.60 bits per heavy atom. The van der Waals surface area contributed by atoms with E-state index in [1.54, 1.807) is 0 Å². The van der Waals surface area contributed by atoms with Crippen LogP contribution in [0.25, 0.3) is 0 Å². The van der Waals surface area contributed by atoms with Crippen molar-refractivity contribution in [1.29, 1.82) is 0 Å². The van der Waals surface area contributed by atoms with Gasteiger partial charge in [0.1, 0.15) is 0 Å². The first kappa shape index (κ1) is 14.3. The largest absolute Gasteiger partial charge is 0.339 e. The summed E-state index contributed by atoms with van der Waals surface area (Å²) in [5, 5.41) is 0. The molecule has 0 bridgehead atoms. The van der Waals surface area contributed by atoms with Gasteiger partial charge in [-0.05, 0) is 51.1 Å². The molecule has 3 unspecified atom stereocenters. The SMILES string of the molecule is CC1CCCC(N)(C(=O)N2CCC(N3CCCC3)C2)C1. The van der Waals surface area contributed by atoms with E-state index in [1.165, 1.54) is 32.4 Å². The molecule has 4 nitrogen and oxygen atoms in total. The first-order chi connectivity index (χ1) is 9.58. The van der Waals surface area contributed by atoms with Crippen LogP contribution in [0.2, 0.25) is 0 Å². The van der Waals surface area contributed by atoms with E-state index >= 15 is 0 Å². The zero-order valence-corrected chi connectivity index (χ0v) is 12.8. The molecule has 0 radical (unpaired) electrons. The van der Waals surface area contributed by atoms with Crippen LogP contribution in [0.1, 0.15) is 51.9 Å². The lowest BCUT2D eigenvalue weighted by Gasteiger charge is -2.38. The van der Waals surface area contributed by atoms with Gasteiger partial charge < -0.3 is 10.6 Å². The third kappa shape index (κ3) is 2.73. The zero-order chi connectivity index (χ0) is 14.2. The van der Waals surface area contributed by atoms with Crippen LogP contribution in [0, 0.1) is 5.92 Å². The maximum Gasteiger partial charge on any atom is 0.242 e. The van der Waals surface area contributed by atoms with E-state index in [0.717, 1.165) is 38.8 Å². The Balaban J connectivity index is 1.60. The minimum Gasteiger partial charge on any atom is -0.339 e. The summed E-state index contributed by atoms with van der Waals surface area (Å²) >= 11 is 0. The summed E-state index contributed by atoms with van der Waals surface area (Å²) in [5.41, 5.74) is 5.90. The summed E-state index contributed by atoms with van der Waals surface area (Å²) in [7, 11) is 0. The Hall–Kier alpha value is -0.610. The maximum atomic E-state index is 12.8. The lowest BCUT2D eigenvalue weighted by Crippen LogP contribution is -2.57. The molecule has 4 heteroatoms. The summed E-state index contributed by atoms with van der Waals surface area (Å²) in [6.45, 7) is 6.49. The number of likely N-dealkylation sites (tertiary alicyclic amines) is 2. The van der Waals surface area contributed by atoms with Crippen molar-refractivity contribution in [1.82, 2.24) is 9.80 Å². The Morgan fingerprint density at radius 2 is 1.90 bits per heavy atom. The van der Waals surface area contributed by atoms with Crippen molar-refractivity contribution in [2.75, 3.05) is 26.2 Å². The van der Waals surface area contributed by atoms with Crippen molar-refractivity contribution < 1.29 is 4.79 Å². The minimum absolute atomic E-state index is 0.228. The van der Waals surface area contributed by atoms with E-state index in [1.807, 2.05) is 0 Å². The molecule has 0 aromatic heterocycles. The van der Waals surface area contributed by atoms with Crippen LogP contribution in [-0.4, -0.2) is 53.5 Å². The lowest BCUT2D eigenvalue weighted by molar-refractivity contribution is -0.137. The third-order valence-electron chi connectivity index (χ3n) is 5.57. The molecule has 1 aliphatic carbocycles. The summed E-state index contributed by atoms with van der Waals surface area (Å²) in [4.78, 5) is 17.4. The fraction of sp³-hybridized carbons (Fsp3) is 0.938. The highest BCUT2D eigenvalue weighted by atomic mass is 16.2. The topological polar surface area (TPSA) is 49.6 Å². The normalized spacial score (nSPS) is 39.4. The van der Waals surface area contributed by atoms with Crippen molar-refractivity contribution in [3.8, 4) is 0 Å². The van der Waals surface area contributed by atoms with Crippen LogP contribution in [0.5, 0.6) is 0 Å². The molecule has 0 aromatic carbocycles. The van der Waals surface area contributed by atoms with Crippen LogP contribution in [0.3, 0.4) is 0 Å². The molecule has 2 saturated heterocycles. The van der Waals surface area contributed by atoms with E-state index in [9.17, 15) is 4.79 Å². The standard InChI is InChI=1S/C16H29N3O/c1-13-5-4-7-16(17,11-13)15(20)19-10-6-14(12-19)18-8-2-3-9-18/h13-14H,2-12,17H2,1H3. The number of hydrogen-bond donors (Lipinski definition) is 1. The molecule has 2 heterocycles. The first-order valence-corrected chi connectivity index (χ1v) is 8.41. The molecule has 2 aliphatic heterocycles. The summed E-state index contributed by atoms with van der Waals surface area (Å²) in [6, 6.07) is 0.589. The van der Waals surface area contributed by atoms with Gasteiger partial charge in [-0.1, -0.05) is 19.8 Å². The Morgan fingerprint density at radius 1 is 1.15 bits per heavy atom. The molecular weight excluding hydrogens is 250 g/mol. The van der Waals surface area contributed by atoms with Crippen molar-refractivity contribution in [3.05, 3.63) is 0 Å². The van der Waals surface area contributed by atoms with Gasteiger partial charge in [-0.15, -0.1) is 0 Å². The highest BCUT2D eigenvalue weighted by molar-refractivity contribution is 5.86. The van der Waals surface area contributed by atoms with Crippen LogP contribution in [0.15, 0.2) is 0 Å². The summed E-state index contributed by atoms with van der Waals surface area (Å²) < 4.78 is 0. The predicted molar refractivity (Wildman–Crippen MR) is 80.3 cm³/mol. The number of rotatable bonds is 2. The Labute approximate surface area is 122 Å². The van der Waals surface area contributed by atoms with Crippen LogP contribution in [-0.2, 0) is 4.79 Å². The molecule has 1 saturated carbocycles. The molecule has 3 aliphatic rings. The van der Waals surface area contributed by atoms with Gasteiger partial charge in [0.15, 0.2) is 0 Å². The molecule has 0 spiro atoms. The van der Waals surface area contributed by atoms with Gasteiger partial charge in [-0.2, -0.15) is 0 Å². The fourth-order valence-electron chi connectivity index (χ4n) is 4.43. The van der Waals surface area contributed by atoms with Gasteiger partial charge >= 0.3 is 0 Å². The van der Waals surface area contributed by atoms with Crippen molar-refractivity contribution in [2.24, 2.45) is 11.7 Å². The molecule has 20 heavy (non-hydrogen) atoms. The second-order valence-corrected chi connectivity index (χ2v) is 7.29. The summed E-state index contributed by atoms with van der Waals surface area (Å²) in [6.07, 6.45) is 7.86. The monoisotopic (exact) mass is 279 g/mol. The van der Waals surface area contributed by atoms with Gasteiger partial charge in [0.25, 0.3) is 0 Å². The van der Waals surface area contributed by atoms with E-state index in [2.05, 4.69) is 16.7 Å². The first-order valence-electron chi connectivity index (χ1n) is 8.41. The van der Waals surface area contributed by atoms with Crippen molar-refractivity contribution in [3.63, 3.8) is 0 Å². The fourth-order valence-corrected chi connectivity index (χ4v) is 4.43. The number of nitrogens with two attached hydrogens (primary N) is 1. The zero-order valence-electron chi connectivity index (χ0n) is 12.8. The molecular formula is C16H29N3O. The highest BCUT2D eigenvalue weighted by Gasteiger charge is 2.43. The predicted octanol–water partition coefficient (Wildman–Crippen LogP) is 1.59. The van der Waals surface area contributed by atoms with Crippen LogP contribution >= 0.6 is 0 Å². The van der Waals surface area contributed by atoms with E-state index < -0.39 is 5.54 Å². The van der Waals surface area contributed by atoms with Gasteiger partial charge in [-0.25, -0.2) is 0 Å². The molecule has 3 fully saturated rings. The second kappa shape index (κ2) is 5.64. The number of amides is 1. The highest BCUT2D eigenvalue weighted by Crippen LogP contribution is 2.33. The molecule has 114 valence electrons. The average molecular weight is 279 g/mol. The van der Waals surface area contributed by atoms with Crippen molar-refractivity contribution >= 4 is 5.91 Å². The van der Waals surface area contributed by atoms with E-state index in [4.69, 9.17) is 5.73 Å². The quantitative estimate of drug-likeness (QED) is 0.835. The van der Waals surface area contributed by atoms with Gasteiger partial charge in [0, 0.05) is 19.1 Å². The lowest BCUT2D eigenvalue weighted by atomic mass is 9.76. The van der Waals surface area contributed by atoms with Crippen LogP contribution in [0.4, 0.5) is 0 Å². The smallest absolute Gasteiger partial charge is 0.242 e. The molecule has 3 rings (SSSR count). The van der Waals surface area contributed by atoms with Crippen LogP contribution < -0.4 is 5.73 Å². The van der Waals surface area contributed by atoms with Gasteiger partial charge in [0.05, 0.1) is 5.54 Å². The molecule has 3 atom stereocenters. The molecule has 1 amide bonds. The number of carbonyl (C=O) groups is 1. The Kier molecular flexibility index (Phi) is 4.04. The third-order valence-corrected chi connectivity index (χ3v) is 5.57. The van der Waals surface area contributed by atoms with E-state index in [0.29, 0.717) is 12.0 Å². The Bertz CT molecular complexity index is 367. The van der Waals surface area contributed by atoms with Gasteiger partial charge in [0.2, 0.25) is 5.91 Å². The molecule has 2 N–H and O–H groups in total. The second-order valence-electron chi connectivity index (χ2n) is 7.29. The number of carbonyl (C=O) groups excluding carboxylic acids is 1. The minimum atomic E-state index is -0.572. The maximum absolute atomic E-state index is 12.8. The number of nitrogens with zero attached hydrogens (tertiary/aromatic N) is 2. The number of hydrogen-bond acceptors (Lipinski definition) is 3.